The summed E-state index contributed by atoms with van der Waals surface area (Å²) in [6, 6.07) is 7.96. The Balaban J connectivity index is 1.61. The van der Waals surface area contributed by atoms with E-state index in [0.717, 1.165) is 42.5 Å². The standard InChI is InChI=1S/C21H25NO3S/c1-3-14-9-7-10-15(4-2)20(14)22-19(23)13-25-21(24)18-12-16-8-5-6-11-17(16)26-18/h7,9-10,12H,3-6,8,11,13H2,1-2H3,(H,22,23). The minimum atomic E-state index is -0.404. The lowest BCUT2D eigenvalue weighted by Gasteiger charge is -2.14. The van der Waals surface area contributed by atoms with Crippen LogP contribution in [0.1, 0.15) is 57.9 Å². The molecule has 1 aliphatic carbocycles. The fourth-order valence-corrected chi connectivity index (χ4v) is 4.52. The van der Waals surface area contributed by atoms with E-state index in [-0.39, 0.29) is 12.5 Å². The van der Waals surface area contributed by atoms with E-state index in [1.165, 1.54) is 34.6 Å². The van der Waals surface area contributed by atoms with Crippen LogP contribution in [0.3, 0.4) is 0 Å². The molecule has 26 heavy (non-hydrogen) atoms. The molecule has 1 N–H and O–H groups in total. The lowest BCUT2D eigenvalue weighted by atomic mass is 9.99. The third-order valence-electron chi connectivity index (χ3n) is 4.80. The van der Waals surface area contributed by atoms with Crippen molar-refractivity contribution in [3.63, 3.8) is 0 Å². The Kier molecular flexibility index (Phi) is 6.09. The van der Waals surface area contributed by atoms with E-state index >= 15 is 0 Å². The molecule has 1 aromatic carbocycles. The molecule has 138 valence electrons. The second kappa shape index (κ2) is 8.49. The lowest BCUT2D eigenvalue weighted by molar-refractivity contribution is -0.119. The molecular formula is C21H25NO3S. The Morgan fingerprint density at radius 2 is 1.81 bits per heavy atom. The summed E-state index contributed by atoms with van der Waals surface area (Å²) >= 11 is 1.50. The van der Waals surface area contributed by atoms with Crippen LogP contribution in [0.5, 0.6) is 0 Å². The Bertz CT molecular complexity index is 764. The lowest BCUT2D eigenvalue weighted by Crippen LogP contribution is -2.22. The fourth-order valence-electron chi connectivity index (χ4n) is 3.37. The molecule has 0 bridgehead atoms. The molecular weight excluding hydrogens is 346 g/mol. The highest BCUT2D eigenvalue weighted by Gasteiger charge is 2.19. The van der Waals surface area contributed by atoms with Gasteiger partial charge in [0.15, 0.2) is 6.61 Å². The zero-order chi connectivity index (χ0) is 18.5. The average molecular weight is 372 g/mol. The topological polar surface area (TPSA) is 55.4 Å². The molecule has 0 spiro atoms. The summed E-state index contributed by atoms with van der Waals surface area (Å²) in [7, 11) is 0. The summed E-state index contributed by atoms with van der Waals surface area (Å²) in [5.41, 5.74) is 4.30. The van der Waals surface area contributed by atoms with Crippen LogP contribution < -0.4 is 5.32 Å². The number of aryl methyl sites for hydroxylation is 4. The summed E-state index contributed by atoms with van der Waals surface area (Å²) < 4.78 is 5.25. The van der Waals surface area contributed by atoms with E-state index < -0.39 is 5.97 Å². The van der Waals surface area contributed by atoms with Gasteiger partial charge in [-0.1, -0.05) is 32.0 Å². The molecule has 4 nitrogen and oxygen atoms in total. The number of esters is 1. The van der Waals surface area contributed by atoms with E-state index in [4.69, 9.17) is 4.74 Å². The number of rotatable bonds is 6. The van der Waals surface area contributed by atoms with Gasteiger partial charge in [-0.25, -0.2) is 4.79 Å². The van der Waals surface area contributed by atoms with Crippen LogP contribution >= 0.6 is 11.3 Å². The number of ether oxygens (including phenoxy) is 1. The molecule has 1 aliphatic rings. The highest BCUT2D eigenvalue weighted by atomic mass is 32.1. The smallest absolute Gasteiger partial charge is 0.348 e. The van der Waals surface area contributed by atoms with Crippen LogP contribution in [0.15, 0.2) is 24.3 Å². The van der Waals surface area contributed by atoms with Crippen LogP contribution in [-0.4, -0.2) is 18.5 Å². The van der Waals surface area contributed by atoms with Gasteiger partial charge in [0, 0.05) is 10.6 Å². The highest BCUT2D eigenvalue weighted by molar-refractivity contribution is 7.14. The minimum Gasteiger partial charge on any atom is -0.451 e. The highest BCUT2D eigenvalue weighted by Crippen LogP contribution is 2.30. The molecule has 0 saturated carbocycles. The van der Waals surface area contributed by atoms with Gasteiger partial charge in [0.05, 0.1) is 0 Å². The van der Waals surface area contributed by atoms with Gasteiger partial charge in [-0.05, 0) is 61.3 Å². The van der Waals surface area contributed by atoms with Gasteiger partial charge in [-0.2, -0.15) is 0 Å². The summed E-state index contributed by atoms with van der Waals surface area (Å²) in [5, 5.41) is 2.92. The van der Waals surface area contributed by atoms with Crippen molar-refractivity contribution in [1.82, 2.24) is 0 Å². The van der Waals surface area contributed by atoms with Crippen LogP contribution in [0.2, 0.25) is 0 Å². The van der Waals surface area contributed by atoms with E-state index in [0.29, 0.717) is 4.88 Å². The number of amides is 1. The molecule has 0 unspecified atom stereocenters. The monoisotopic (exact) mass is 371 g/mol. The number of hydrogen-bond acceptors (Lipinski definition) is 4. The van der Waals surface area contributed by atoms with Gasteiger partial charge >= 0.3 is 5.97 Å². The quantitative estimate of drug-likeness (QED) is 0.758. The van der Waals surface area contributed by atoms with Crippen molar-refractivity contribution >= 4 is 28.9 Å². The van der Waals surface area contributed by atoms with E-state index in [9.17, 15) is 9.59 Å². The molecule has 5 heteroatoms. The third kappa shape index (κ3) is 4.15. The van der Waals surface area contributed by atoms with Gasteiger partial charge in [0.1, 0.15) is 4.88 Å². The van der Waals surface area contributed by atoms with Crippen LogP contribution in [-0.2, 0) is 35.2 Å². The largest absolute Gasteiger partial charge is 0.451 e. The molecule has 2 aromatic rings. The summed E-state index contributed by atoms with van der Waals surface area (Å²) in [4.78, 5) is 26.5. The van der Waals surface area contributed by atoms with Gasteiger partial charge in [-0.15, -0.1) is 11.3 Å². The van der Waals surface area contributed by atoms with Crippen molar-refractivity contribution in [2.24, 2.45) is 0 Å². The maximum absolute atomic E-state index is 12.3. The number of thiophene rings is 1. The first-order valence-corrected chi connectivity index (χ1v) is 10.1. The van der Waals surface area contributed by atoms with Crippen LogP contribution in [0, 0.1) is 0 Å². The average Bonchev–Trinajstić information content (AvgIpc) is 3.10. The summed E-state index contributed by atoms with van der Waals surface area (Å²) in [6.45, 7) is 3.86. The molecule has 1 heterocycles. The summed E-state index contributed by atoms with van der Waals surface area (Å²) in [6.07, 6.45) is 6.11. The van der Waals surface area contributed by atoms with E-state index in [1.807, 2.05) is 24.3 Å². The molecule has 3 rings (SSSR count). The molecule has 0 aliphatic heterocycles. The maximum Gasteiger partial charge on any atom is 0.348 e. The van der Waals surface area contributed by atoms with Crippen LogP contribution in [0.25, 0.3) is 0 Å². The Morgan fingerprint density at radius 1 is 1.12 bits per heavy atom. The second-order valence-corrected chi connectivity index (χ2v) is 7.69. The van der Waals surface area contributed by atoms with Crippen molar-refractivity contribution < 1.29 is 14.3 Å². The predicted octanol–water partition coefficient (Wildman–Crippen LogP) is 4.55. The first kappa shape index (κ1) is 18.6. The molecule has 0 saturated heterocycles. The molecule has 1 aromatic heterocycles. The number of hydrogen-bond donors (Lipinski definition) is 1. The first-order chi connectivity index (χ1) is 12.6. The Labute approximate surface area is 158 Å². The molecule has 0 atom stereocenters. The predicted molar refractivity (Wildman–Crippen MR) is 105 cm³/mol. The van der Waals surface area contributed by atoms with Crippen molar-refractivity contribution in [2.45, 2.75) is 52.4 Å². The number of benzene rings is 1. The van der Waals surface area contributed by atoms with Crippen molar-refractivity contribution in [2.75, 3.05) is 11.9 Å². The fraction of sp³-hybridized carbons (Fsp3) is 0.429. The normalized spacial score (nSPS) is 13.2. The van der Waals surface area contributed by atoms with Crippen LogP contribution in [0.4, 0.5) is 5.69 Å². The number of para-hydroxylation sites is 1. The van der Waals surface area contributed by atoms with Gasteiger partial charge in [0.2, 0.25) is 0 Å². The molecule has 0 radical (unpaired) electrons. The van der Waals surface area contributed by atoms with Gasteiger partial charge in [0.25, 0.3) is 5.91 Å². The number of carbonyl (C=O) groups excluding carboxylic acids is 2. The maximum atomic E-state index is 12.3. The summed E-state index contributed by atoms with van der Waals surface area (Å²) in [5.74, 6) is -0.700. The van der Waals surface area contributed by atoms with E-state index in [2.05, 4.69) is 19.2 Å². The van der Waals surface area contributed by atoms with Crippen molar-refractivity contribution in [3.8, 4) is 0 Å². The first-order valence-electron chi connectivity index (χ1n) is 9.31. The second-order valence-electron chi connectivity index (χ2n) is 6.55. The van der Waals surface area contributed by atoms with Gasteiger partial charge < -0.3 is 10.1 Å². The van der Waals surface area contributed by atoms with Gasteiger partial charge in [-0.3, -0.25) is 4.79 Å². The Morgan fingerprint density at radius 3 is 2.46 bits per heavy atom. The number of carbonyl (C=O) groups is 2. The minimum absolute atomic E-state index is 0.261. The molecule has 0 fully saturated rings. The third-order valence-corrected chi connectivity index (χ3v) is 6.01. The Hall–Kier alpha value is -2.14. The number of anilines is 1. The number of nitrogens with one attached hydrogen (secondary N) is 1. The number of fused-ring (bicyclic) bond motifs is 1. The molecule has 1 amide bonds. The van der Waals surface area contributed by atoms with E-state index in [1.54, 1.807) is 0 Å². The zero-order valence-corrected chi connectivity index (χ0v) is 16.2. The zero-order valence-electron chi connectivity index (χ0n) is 15.4. The SMILES string of the molecule is CCc1cccc(CC)c1NC(=O)COC(=O)c1cc2c(s1)CCCC2. The van der Waals surface area contributed by atoms with Crippen molar-refractivity contribution in [1.29, 1.82) is 0 Å². The van der Waals surface area contributed by atoms with Crippen molar-refractivity contribution in [3.05, 3.63) is 50.7 Å².